The van der Waals surface area contributed by atoms with Crippen molar-refractivity contribution >= 4 is 17.4 Å². The van der Waals surface area contributed by atoms with Gasteiger partial charge in [-0.3, -0.25) is 24.9 Å². The number of aromatic nitrogens is 2. The minimum absolute atomic E-state index is 0.0256. The molecule has 9 nitrogen and oxygen atoms in total. The van der Waals surface area contributed by atoms with Crippen LogP contribution >= 0.6 is 0 Å². The largest absolute Gasteiger partial charge is 0.354 e. The Labute approximate surface area is 127 Å². The van der Waals surface area contributed by atoms with Crippen molar-refractivity contribution in [2.75, 3.05) is 38.0 Å². The van der Waals surface area contributed by atoms with E-state index in [2.05, 4.69) is 20.4 Å². The normalized spacial score (nSPS) is 21.7. The Morgan fingerprint density at radius 2 is 2.32 bits per heavy atom. The van der Waals surface area contributed by atoms with E-state index in [9.17, 15) is 14.9 Å². The molecule has 1 aromatic heterocycles. The van der Waals surface area contributed by atoms with Gasteiger partial charge in [-0.15, -0.1) is 0 Å². The monoisotopic (exact) mass is 308 g/mol. The SMILES string of the molecule is Cc1[nH]nc(NCC(=O)N2CCN3CCC[C@@H]3C2)c1[N+](=O)[O-]. The number of amides is 1. The third-order valence-corrected chi connectivity index (χ3v) is 4.44. The van der Waals surface area contributed by atoms with Crippen LogP contribution in [0.4, 0.5) is 11.5 Å². The first kappa shape index (κ1) is 14.8. The molecule has 3 heterocycles. The maximum atomic E-state index is 12.3. The average molecular weight is 308 g/mol. The van der Waals surface area contributed by atoms with Crippen molar-refractivity contribution in [3.05, 3.63) is 15.8 Å². The summed E-state index contributed by atoms with van der Waals surface area (Å²) in [6, 6.07) is 0.472. The van der Waals surface area contributed by atoms with Crippen LogP contribution in [0.3, 0.4) is 0 Å². The van der Waals surface area contributed by atoms with Crippen LogP contribution in [0.5, 0.6) is 0 Å². The average Bonchev–Trinajstić information content (AvgIpc) is 3.09. The Hall–Kier alpha value is -2.16. The van der Waals surface area contributed by atoms with Gasteiger partial charge in [0, 0.05) is 25.7 Å². The molecule has 1 aromatic rings. The number of nitrogens with zero attached hydrogens (tertiary/aromatic N) is 4. The van der Waals surface area contributed by atoms with Crippen molar-refractivity contribution < 1.29 is 9.72 Å². The molecule has 0 radical (unpaired) electrons. The van der Waals surface area contributed by atoms with Crippen LogP contribution in [0.15, 0.2) is 0 Å². The fourth-order valence-corrected chi connectivity index (χ4v) is 3.26. The molecule has 1 amide bonds. The molecule has 1 atom stereocenters. The summed E-state index contributed by atoms with van der Waals surface area (Å²) >= 11 is 0. The summed E-state index contributed by atoms with van der Waals surface area (Å²) in [7, 11) is 0. The molecular formula is C13H20N6O3. The number of rotatable bonds is 4. The van der Waals surface area contributed by atoms with Gasteiger partial charge in [0.1, 0.15) is 5.69 Å². The fraction of sp³-hybridized carbons (Fsp3) is 0.692. The zero-order chi connectivity index (χ0) is 15.7. The smallest absolute Gasteiger partial charge is 0.333 e. The Balaban J connectivity index is 1.57. The van der Waals surface area contributed by atoms with E-state index in [1.54, 1.807) is 6.92 Å². The van der Waals surface area contributed by atoms with Crippen molar-refractivity contribution in [2.45, 2.75) is 25.8 Å². The number of fused-ring (bicyclic) bond motifs is 1. The summed E-state index contributed by atoms with van der Waals surface area (Å²) in [5.74, 6) is 0.0804. The van der Waals surface area contributed by atoms with Crippen LogP contribution in [-0.4, -0.2) is 69.6 Å². The van der Waals surface area contributed by atoms with E-state index in [4.69, 9.17) is 0 Å². The van der Waals surface area contributed by atoms with E-state index in [-0.39, 0.29) is 24.0 Å². The second-order valence-corrected chi connectivity index (χ2v) is 5.83. The molecule has 2 aliphatic heterocycles. The number of hydrogen-bond acceptors (Lipinski definition) is 6. The third-order valence-electron chi connectivity index (χ3n) is 4.44. The highest BCUT2D eigenvalue weighted by atomic mass is 16.6. The van der Waals surface area contributed by atoms with Gasteiger partial charge in [-0.05, 0) is 26.3 Å². The van der Waals surface area contributed by atoms with E-state index < -0.39 is 4.92 Å². The molecule has 0 unspecified atom stereocenters. The molecule has 0 aliphatic carbocycles. The van der Waals surface area contributed by atoms with Gasteiger partial charge in [0.25, 0.3) is 0 Å². The van der Waals surface area contributed by atoms with Gasteiger partial charge < -0.3 is 10.2 Å². The third kappa shape index (κ3) is 2.76. The quantitative estimate of drug-likeness (QED) is 0.613. The van der Waals surface area contributed by atoms with Crippen LogP contribution in [0.2, 0.25) is 0 Å². The van der Waals surface area contributed by atoms with E-state index in [0.717, 1.165) is 32.6 Å². The van der Waals surface area contributed by atoms with Crippen molar-refractivity contribution in [3.8, 4) is 0 Å². The van der Waals surface area contributed by atoms with E-state index in [1.165, 1.54) is 6.42 Å². The number of aromatic amines is 1. The lowest BCUT2D eigenvalue weighted by Gasteiger charge is -2.37. The number of carbonyl (C=O) groups excluding carboxylic acids is 1. The highest BCUT2D eigenvalue weighted by Crippen LogP contribution is 2.25. The Kier molecular flexibility index (Phi) is 3.97. The number of hydrogen-bond donors (Lipinski definition) is 2. The Morgan fingerprint density at radius 3 is 3.09 bits per heavy atom. The molecule has 0 saturated carbocycles. The summed E-state index contributed by atoms with van der Waals surface area (Å²) in [6.45, 7) is 5.12. The maximum absolute atomic E-state index is 12.3. The minimum Gasteiger partial charge on any atom is -0.354 e. The molecule has 120 valence electrons. The molecule has 0 spiro atoms. The predicted octanol–water partition coefficient (Wildman–Crippen LogP) is 0.345. The molecule has 2 aliphatic rings. The van der Waals surface area contributed by atoms with E-state index in [1.807, 2.05) is 4.90 Å². The molecule has 2 saturated heterocycles. The Morgan fingerprint density at radius 1 is 1.50 bits per heavy atom. The van der Waals surface area contributed by atoms with Crippen LogP contribution in [-0.2, 0) is 4.79 Å². The summed E-state index contributed by atoms with van der Waals surface area (Å²) in [6.07, 6.45) is 2.34. The first-order valence-electron chi connectivity index (χ1n) is 7.51. The number of nitrogens with one attached hydrogen (secondary N) is 2. The number of piperazine rings is 1. The van der Waals surface area contributed by atoms with Crippen LogP contribution in [0, 0.1) is 17.0 Å². The predicted molar refractivity (Wildman–Crippen MR) is 79.6 cm³/mol. The van der Waals surface area contributed by atoms with E-state index in [0.29, 0.717) is 11.7 Å². The zero-order valence-electron chi connectivity index (χ0n) is 12.5. The van der Waals surface area contributed by atoms with Crippen LogP contribution in [0.25, 0.3) is 0 Å². The van der Waals surface area contributed by atoms with Gasteiger partial charge >= 0.3 is 5.69 Å². The van der Waals surface area contributed by atoms with Gasteiger partial charge in [0.05, 0.1) is 11.5 Å². The molecule has 0 bridgehead atoms. The van der Waals surface area contributed by atoms with Gasteiger partial charge in [-0.2, -0.15) is 5.10 Å². The van der Waals surface area contributed by atoms with E-state index >= 15 is 0 Å². The number of carbonyl (C=O) groups is 1. The van der Waals surface area contributed by atoms with Gasteiger partial charge in [-0.25, -0.2) is 0 Å². The first-order valence-corrected chi connectivity index (χ1v) is 7.51. The fourth-order valence-electron chi connectivity index (χ4n) is 3.26. The van der Waals surface area contributed by atoms with Crippen molar-refractivity contribution in [1.29, 1.82) is 0 Å². The zero-order valence-corrected chi connectivity index (χ0v) is 12.5. The summed E-state index contributed by atoms with van der Waals surface area (Å²) in [5.41, 5.74) is 0.271. The highest BCUT2D eigenvalue weighted by molar-refractivity contribution is 5.81. The highest BCUT2D eigenvalue weighted by Gasteiger charge is 2.32. The lowest BCUT2D eigenvalue weighted by atomic mass is 10.1. The van der Waals surface area contributed by atoms with Crippen molar-refractivity contribution in [3.63, 3.8) is 0 Å². The van der Waals surface area contributed by atoms with Gasteiger partial charge in [-0.1, -0.05) is 0 Å². The molecule has 3 rings (SSSR count). The molecular weight excluding hydrogens is 288 g/mol. The minimum atomic E-state index is -0.497. The maximum Gasteiger partial charge on any atom is 0.333 e. The van der Waals surface area contributed by atoms with Crippen molar-refractivity contribution in [2.24, 2.45) is 0 Å². The van der Waals surface area contributed by atoms with Crippen LogP contribution in [0.1, 0.15) is 18.5 Å². The lowest BCUT2D eigenvalue weighted by Crippen LogP contribution is -2.53. The molecule has 22 heavy (non-hydrogen) atoms. The second-order valence-electron chi connectivity index (χ2n) is 5.83. The molecule has 0 aromatic carbocycles. The van der Waals surface area contributed by atoms with Crippen LogP contribution < -0.4 is 5.32 Å². The summed E-state index contributed by atoms with van der Waals surface area (Å²) in [5, 5.41) is 20.2. The first-order chi connectivity index (χ1) is 10.6. The van der Waals surface area contributed by atoms with Crippen molar-refractivity contribution in [1.82, 2.24) is 20.0 Å². The number of aryl methyl sites for hydroxylation is 1. The standard InChI is InChI=1S/C13H20N6O3/c1-9-12(19(21)22)13(16-15-9)14-7-11(20)18-6-5-17-4-2-3-10(17)8-18/h10H,2-8H2,1H3,(H2,14,15,16)/t10-/m1/s1. The number of anilines is 1. The summed E-state index contributed by atoms with van der Waals surface area (Å²) < 4.78 is 0. The lowest BCUT2D eigenvalue weighted by molar-refractivity contribution is -0.384. The number of H-pyrrole nitrogens is 1. The molecule has 2 N–H and O–H groups in total. The second kappa shape index (κ2) is 5.91. The van der Waals surface area contributed by atoms with Gasteiger partial charge in [0.15, 0.2) is 0 Å². The molecule has 2 fully saturated rings. The summed E-state index contributed by atoms with van der Waals surface area (Å²) in [4.78, 5) is 27.0. The topological polar surface area (TPSA) is 107 Å². The Bertz CT molecular complexity index is 586. The molecule has 9 heteroatoms. The number of nitro groups is 1. The van der Waals surface area contributed by atoms with Gasteiger partial charge in [0.2, 0.25) is 11.7 Å².